The van der Waals surface area contributed by atoms with Crippen molar-refractivity contribution < 1.29 is 9.18 Å². The number of fused-ring (bicyclic) bond motifs is 1. The van der Waals surface area contributed by atoms with Crippen LogP contribution in [-0.4, -0.2) is 15.7 Å². The predicted molar refractivity (Wildman–Crippen MR) is 95.8 cm³/mol. The van der Waals surface area contributed by atoms with Crippen LogP contribution >= 0.6 is 11.6 Å². The molecule has 0 radical (unpaired) electrons. The summed E-state index contributed by atoms with van der Waals surface area (Å²) < 4.78 is 15.0. The van der Waals surface area contributed by atoms with Gasteiger partial charge < -0.3 is 5.32 Å². The molecule has 0 aliphatic carbocycles. The molecule has 128 valence electrons. The zero-order valence-corrected chi connectivity index (χ0v) is 14.4. The zero-order valence-electron chi connectivity index (χ0n) is 13.6. The summed E-state index contributed by atoms with van der Waals surface area (Å²) in [5.41, 5.74) is 0.868. The SMILES string of the molecule is CCn1nc(C(=O)Nc2ccc(Cl)cc2C)c(=O)c2cc(F)ccc21. The average Bonchev–Trinajstić information content (AvgIpc) is 2.58. The van der Waals surface area contributed by atoms with Crippen molar-refractivity contribution in [2.45, 2.75) is 20.4 Å². The molecule has 1 amide bonds. The van der Waals surface area contributed by atoms with Gasteiger partial charge in [0.15, 0.2) is 5.69 Å². The van der Waals surface area contributed by atoms with Crippen LogP contribution in [0.25, 0.3) is 10.9 Å². The average molecular weight is 360 g/mol. The van der Waals surface area contributed by atoms with E-state index in [4.69, 9.17) is 11.6 Å². The van der Waals surface area contributed by atoms with E-state index in [2.05, 4.69) is 10.4 Å². The Morgan fingerprint density at radius 3 is 2.72 bits per heavy atom. The highest BCUT2D eigenvalue weighted by Gasteiger charge is 2.18. The lowest BCUT2D eigenvalue weighted by Crippen LogP contribution is -2.27. The maximum atomic E-state index is 13.5. The maximum absolute atomic E-state index is 13.5. The van der Waals surface area contributed by atoms with E-state index < -0.39 is 17.2 Å². The van der Waals surface area contributed by atoms with E-state index in [1.165, 1.54) is 16.8 Å². The van der Waals surface area contributed by atoms with E-state index in [9.17, 15) is 14.0 Å². The summed E-state index contributed by atoms with van der Waals surface area (Å²) in [5, 5.41) is 7.46. The summed E-state index contributed by atoms with van der Waals surface area (Å²) in [6.07, 6.45) is 0. The Bertz CT molecular complexity index is 1050. The van der Waals surface area contributed by atoms with Crippen LogP contribution in [0, 0.1) is 12.7 Å². The first kappa shape index (κ1) is 17.1. The van der Waals surface area contributed by atoms with Crippen molar-refractivity contribution in [2.24, 2.45) is 0 Å². The second-order valence-electron chi connectivity index (χ2n) is 5.57. The second kappa shape index (κ2) is 6.64. The first-order chi connectivity index (χ1) is 11.9. The molecule has 0 saturated heterocycles. The molecule has 0 aliphatic rings. The molecule has 1 N–H and O–H groups in total. The normalized spacial score (nSPS) is 10.9. The fourth-order valence-electron chi connectivity index (χ4n) is 2.60. The van der Waals surface area contributed by atoms with Crippen LogP contribution < -0.4 is 10.7 Å². The summed E-state index contributed by atoms with van der Waals surface area (Å²) in [6, 6.07) is 8.84. The maximum Gasteiger partial charge on any atom is 0.280 e. The van der Waals surface area contributed by atoms with E-state index >= 15 is 0 Å². The van der Waals surface area contributed by atoms with Gasteiger partial charge in [-0.2, -0.15) is 5.10 Å². The highest BCUT2D eigenvalue weighted by atomic mass is 35.5. The van der Waals surface area contributed by atoms with E-state index in [1.807, 2.05) is 6.92 Å². The minimum Gasteiger partial charge on any atom is -0.320 e. The van der Waals surface area contributed by atoms with Crippen molar-refractivity contribution in [2.75, 3.05) is 5.32 Å². The minimum atomic E-state index is -0.649. The molecule has 0 spiro atoms. The number of aryl methyl sites for hydroxylation is 2. The van der Waals surface area contributed by atoms with Gasteiger partial charge in [0, 0.05) is 17.3 Å². The third kappa shape index (κ3) is 3.25. The predicted octanol–water partition coefficient (Wildman–Crippen LogP) is 3.77. The Kier molecular flexibility index (Phi) is 4.55. The Morgan fingerprint density at radius 1 is 1.28 bits per heavy atom. The number of halogens is 2. The molecule has 0 saturated carbocycles. The molecule has 0 bridgehead atoms. The molecule has 3 aromatic rings. The molecule has 1 heterocycles. The molecule has 1 aromatic heterocycles. The van der Waals surface area contributed by atoms with Crippen molar-refractivity contribution in [3.05, 3.63) is 68.7 Å². The summed E-state index contributed by atoms with van der Waals surface area (Å²) >= 11 is 5.90. The van der Waals surface area contributed by atoms with Gasteiger partial charge in [-0.3, -0.25) is 14.3 Å². The molecule has 25 heavy (non-hydrogen) atoms. The van der Waals surface area contributed by atoms with Crippen molar-refractivity contribution in [3.8, 4) is 0 Å². The molecule has 2 aromatic carbocycles. The molecule has 7 heteroatoms. The van der Waals surface area contributed by atoms with Gasteiger partial charge in [0.05, 0.1) is 10.9 Å². The lowest BCUT2D eigenvalue weighted by atomic mass is 10.1. The fourth-order valence-corrected chi connectivity index (χ4v) is 2.83. The molecular formula is C18H15ClFN3O2. The van der Waals surface area contributed by atoms with Crippen LogP contribution in [0.2, 0.25) is 5.02 Å². The molecule has 5 nitrogen and oxygen atoms in total. The number of benzene rings is 2. The van der Waals surface area contributed by atoms with Crippen molar-refractivity contribution >= 4 is 34.1 Å². The van der Waals surface area contributed by atoms with Crippen molar-refractivity contribution in [3.63, 3.8) is 0 Å². The van der Waals surface area contributed by atoms with Gasteiger partial charge in [0.1, 0.15) is 5.82 Å². The lowest BCUT2D eigenvalue weighted by molar-refractivity contribution is 0.101. The number of rotatable bonds is 3. The standard InChI is InChI=1S/C18H15ClFN3O2/c1-3-23-15-7-5-12(20)9-13(15)17(24)16(22-23)18(25)21-14-6-4-11(19)8-10(14)2/h4-9H,3H2,1-2H3,(H,21,25). The minimum absolute atomic E-state index is 0.120. The zero-order chi connectivity index (χ0) is 18.1. The summed E-state index contributed by atoms with van der Waals surface area (Å²) in [6.45, 7) is 4.04. The van der Waals surface area contributed by atoms with E-state index in [0.717, 1.165) is 11.6 Å². The number of nitrogens with zero attached hydrogens (tertiary/aromatic N) is 2. The number of amides is 1. The van der Waals surface area contributed by atoms with Gasteiger partial charge in [-0.25, -0.2) is 4.39 Å². The van der Waals surface area contributed by atoms with Crippen LogP contribution in [0.5, 0.6) is 0 Å². The smallest absolute Gasteiger partial charge is 0.280 e. The van der Waals surface area contributed by atoms with Crippen LogP contribution in [0.3, 0.4) is 0 Å². The number of hydrogen-bond donors (Lipinski definition) is 1. The van der Waals surface area contributed by atoms with Gasteiger partial charge >= 0.3 is 0 Å². The summed E-state index contributed by atoms with van der Waals surface area (Å²) in [4.78, 5) is 25.2. The highest BCUT2D eigenvalue weighted by molar-refractivity contribution is 6.30. The van der Waals surface area contributed by atoms with Crippen LogP contribution in [0.1, 0.15) is 23.0 Å². The Hall–Kier alpha value is -2.73. The Morgan fingerprint density at radius 2 is 2.04 bits per heavy atom. The topological polar surface area (TPSA) is 64.0 Å². The van der Waals surface area contributed by atoms with Gasteiger partial charge in [-0.1, -0.05) is 11.6 Å². The fraction of sp³-hybridized carbons (Fsp3) is 0.167. The summed E-state index contributed by atoms with van der Waals surface area (Å²) in [5.74, 6) is -1.19. The Labute approximate surface area is 148 Å². The van der Waals surface area contributed by atoms with Crippen molar-refractivity contribution in [1.82, 2.24) is 9.78 Å². The Balaban J connectivity index is 2.10. The number of nitrogens with one attached hydrogen (secondary N) is 1. The van der Waals surface area contributed by atoms with E-state index in [-0.39, 0.29) is 11.1 Å². The van der Waals surface area contributed by atoms with Crippen molar-refractivity contribution in [1.29, 1.82) is 0 Å². The first-order valence-electron chi connectivity index (χ1n) is 7.68. The molecule has 3 rings (SSSR count). The highest BCUT2D eigenvalue weighted by Crippen LogP contribution is 2.20. The van der Waals surface area contributed by atoms with E-state index in [0.29, 0.717) is 22.8 Å². The van der Waals surface area contributed by atoms with Gasteiger partial charge in [-0.05, 0) is 55.8 Å². The van der Waals surface area contributed by atoms with Gasteiger partial charge in [0.25, 0.3) is 5.91 Å². The molecule has 0 aliphatic heterocycles. The molecule has 0 fully saturated rings. The summed E-state index contributed by atoms with van der Waals surface area (Å²) in [7, 11) is 0. The number of aromatic nitrogens is 2. The molecular weight excluding hydrogens is 345 g/mol. The monoisotopic (exact) mass is 359 g/mol. The third-order valence-corrected chi connectivity index (χ3v) is 4.10. The van der Waals surface area contributed by atoms with Gasteiger partial charge in [0.2, 0.25) is 5.43 Å². The van der Waals surface area contributed by atoms with E-state index in [1.54, 1.807) is 25.1 Å². The number of hydrogen-bond acceptors (Lipinski definition) is 3. The largest absolute Gasteiger partial charge is 0.320 e. The molecule has 0 atom stereocenters. The van der Waals surface area contributed by atoms with Gasteiger partial charge in [-0.15, -0.1) is 0 Å². The van der Waals surface area contributed by atoms with Crippen LogP contribution in [-0.2, 0) is 6.54 Å². The van der Waals surface area contributed by atoms with Crippen LogP contribution in [0.15, 0.2) is 41.2 Å². The lowest BCUT2D eigenvalue weighted by Gasteiger charge is -2.11. The number of anilines is 1. The quantitative estimate of drug-likeness (QED) is 0.774. The second-order valence-corrected chi connectivity index (χ2v) is 6.00. The molecule has 0 unspecified atom stereocenters. The number of carbonyl (C=O) groups excluding carboxylic acids is 1. The number of carbonyl (C=O) groups is 1. The van der Waals surface area contributed by atoms with Crippen LogP contribution in [0.4, 0.5) is 10.1 Å². The first-order valence-corrected chi connectivity index (χ1v) is 8.06. The third-order valence-electron chi connectivity index (χ3n) is 3.87.